The van der Waals surface area contributed by atoms with Crippen LogP contribution in [0.2, 0.25) is 0 Å². The van der Waals surface area contributed by atoms with E-state index in [1.54, 1.807) is 0 Å². The molecule has 0 unspecified atom stereocenters. The highest BCUT2D eigenvalue weighted by Crippen LogP contribution is 2.17. The Labute approximate surface area is 96.9 Å². The van der Waals surface area contributed by atoms with Gasteiger partial charge in [0.2, 0.25) is 0 Å². The second kappa shape index (κ2) is 6.05. The van der Waals surface area contributed by atoms with E-state index >= 15 is 0 Å². The number of rotatable bonds is 1. The summed E-state index contributed by atoms with van der Waals surface area (Å²) in [6.07, 6.45) is 3.69. The first-order valence-corrected chi connectivity index (χ1v) is 5.55. The van der Waals surface area contributed by atoms with Gasteiger partial charge in [0.1, 0.15) is 6.61 Å². The lowest BCUT2D eigenvalue weighted by atomic mass is 10.1. The molecule has 0 saturated heterocycles. The number of hydrogen-bond donors (Lipinski definition) is 0. The minimum absolute atomic E-state index is 0.583. The van der Waals surface area contributed by atoms with E-state index in [2.05, 4.69) is 9.98 Å². The topological polar surface area (TPSA) is 34.5 Å². The summed E-state index contributed by atoms with van der Waals surface area (Å²) < 4.78 is 5.33. The van der Waals surface area contributed by atoms with Gasteiger partial charge in [0.05, 0.1) is 0 Å². The standard InChI is InChI=1S/C11H12N2O.C2H6/c1-8-3-4-10(5-12-8)11-6-13-9(2)14-7-11;1-2/h3-6H,7H2,1-2H3;1-2H3. The third-order valence-corrected chi connectivity index (χ3v) is 2.12. The van der Waals surface area contributed by atoms with Crippen LogP contribution in [0.15, 0.2) is 29.5 Å². The van der Waals surface area contributed by atoms with Gasteiger partial charge in [-0.2, -0.15) is 0 Å². The van der Waals surface area contributed by atoms with Crippen LogP contribution in [0.5, 0.6) is 0 Å². The summed E-state index contributed by atoms with van der Waals surface area (Å²) in [5.41, 5.74) is 3.17. The zero-order valence-electron chi connectivity index (χ0n) is 10.3. The second-order valence-electron chi connectivity index (χ2n) is 3.28. The molecule has 1 aromatic rings. The summed E-state index contributed by atoms with van der Waals surface area (Å²) in [4.78, 5) is 8.34. The number of aromatic nitrogens is 1. The fourth-order valence-electron chi connectivity index (χ4n) is 1.24. The van der Waals surface area contributed by atoms with Crippen molar-refractivity contribution in [2.24, 2.45) is 4.99 Å². The first-order chi connectivity index (χ1) is 7.75. The van der Waals surface area contributed by atoms with Crippen LogP contribution in [0.25, 0.3) is 5.57 Å². The first kappa shape index (κ1) is 12.4. The summed E-state index contributed by atoms with van der Waals surface area (Å²) >= 11 is 0. The number of aliphatic imine (C=N–C) groups is 1. The lowest BCUT2D eigenvalue weighted by molar-refractivity contribution is 0.349. The van der Waals surface area contributed by atoms with E-state index in [0.717, 1.165) is 16.8 Å². The van der Waals surface area contributed by atoms with Crippen molar-refractivity contribution in [1.29, 1.82) is 0 Å². The minimum atomic E-state index is 0.583. The van der Waals surface area contributed by atoms with Crippen LogP contribution < -0.4 is 0 Å². The maximum absolute atomic E-state index is 5.33. The van der Waals surface area contributed by atoms with Crippen molar-refractivity contribution in [1.82, 2.24) is 4.98 Å². The van der Waals surface area contributed by atoms with E-state index in [1.165, 1.54) is 0 Å². The van der Waals surface area contributed by atoms with Gasteiger partial charge in [0.25, 0.3) is 0 Å². The van der Waals surface area contributed by atoms with Crippen LogP contribution in [0.4, 0.5) is 0 Å². The van der Waals surface area contributed by atoms with Gasteiger partial charge in [-0.3, -0.25) is 4.98 Å². The molecule has 16 heavy (non-hydrogen) atoms. The van der Waals surface area contributed by atoms with Crippen LogP contribution in [-0.2, 0) is 4.74 Å². The molecule has 0 saturated carbocycles. The molecule has 2 heterocycles. The lowest BCUT2D eigenvalue weighted by Gasteiger charge is -2.12. The predicted octanol–water partition coefficient (Wildman–Crippen LogP) is 3.21. The third-order valence-electron chi connectivity index (χ3n) is 2.12. The van der Waals surface area contributed by atoms with Crippen molar-refractivity contribution in [3.05, 3.63) is 35.8 Å². The van der Waals surface area contributed by atoms with E-state index in [9.17, 15) is 0 Å². The maximum Gasteiger partial charge on any atom is 0.184 e. The predicted molar refractivity (Wildman–Crippen MR) is 67.4 cm³/mol. The zero-order valence-corrected chi connectivity index (χ0v) is 10.3. The Hall–Kier alpha value is -1.64. The normalized spacial score (nSPS) is 14.0. The van der Waals surface area contributed by atoms with Gasteiger partial charge in [0.15, 0.2) is 5.90 Å². The van der Waals surface area contributed by atoms with Gasteiger partial charge in [-0.1, -0.05) is 19.9 Å². The molecular weight excluding hydrogens is 200 g/mol. The molecule has 0 radical (unpaired) electrons. The summed E-state index contributed by atoms with van der Waals surface area (Å²) in [5.74, 6) is 0.717. The molecule has 0 amide bonds. The number of ether oxygens (including phenoxy) is 1. The van der Waals surface area contributed by atoms with E-state index in [4.69, 9.17) is 4.74 Å². The van der Waals surface area contributed by atoms with Gasteiger partial charge < -0.3 is 4.74 Å². The Kier molecular flexibility index (Phi) is 4.70. The molecule has 0 spiro atoms. The van der Waals surface area contributed by atoms with Crippen molar-refractivity contribution >= 4 is 11.5 Å². The number of nitrogens with zero attached hydrogens (tertiary/aromatic N) is 2. The fraction of sp³-hybridized carbons (Fsp3) is 0.385. The average Bonchev–Trinajstić information content (AvgIpc) is 2.34. The molecule has 0 fully saturated rings. The molecule has 1 aliphatic heterocycles. The molecule has 2 rings (SSSR count). The van der Waals surface area contributed by atoms with Gasteiger partial charge in [-0.15, -0.1) is 0 Å². The Bertz CT molecular complexity index is 391. The van der Waals surface area contributed by atoms with Gasteiger partial charge in [0, 0.05) is 36.2 Å². The van der Waals surface area contributed by atoms with Crippen molar-refractivity contribution in [2.45, 2.75) is 27.7 Å². The molecule has 0 N–H and O–H groups in total. The summed E-state index contributed by atoms with van der Waals surface area (Å²) in [6, 6.07) is 4.02. The van der Waals surface area contributed by atoms with E-state index in [1.807, 2.05) is 52.2 Å². The summed E-state index contributed by atoms with van der Waals surface area (Å²) in [7, 11) is 0. The highest BCUT2D eigenvalue weighted by atomic mass is 16.5. The van der Waals surface area contributed by atoms with Crippen molar-refractivity contribution in [3.63, 3.8) is 0 Å². The molecule has 3 heteroatoms. The summed E-state index contributed by atoms with van der Waals surface area (Å²) in [5, 5.41) is 0. The average molecular weight is 218 g/mol. The van der Waals surface area contributed by atoms with Crippen molar-refractivity contribution in [3.8, 4) is 0 Å². The van der Waals surface area contributed by atoms with Crippen molar-refractivity contribution in [2.75, 3.05) is 6.61 Å². The van der Waals surface area contributed by atoms with E-state index < -0.39 is 0 Å². The smallest absolute Gasteiger partial charge is 0.184 e. The Morgan fingerprint density at radius 1 is 1.19 bits per heavy atom. The van der Waals surface area contributed by atoms with Crippen LogP contribution in [-0.4, -0.2) is 17.5 Å². The van der Waals surface area contributed by atoms with E-state index in [0.29, 0.717) is 12.5 Å². The van der Waals surface area contributed by atoms with Gasteiger partial charge in [-0.25, -0.2) is 4.99 Å². The largest absolute Gasteiger partial charge is 0.476 e. The number of pyridine rings is 1. The van der Waals surface area contributed by atoms with Crippen LogP contribution in [0.1, 0.15) is 32.0 Å². The van der Waals surface area contributed by atoms with Gasteiger partial charge >= 0.3 is 0 Å². The maximum atomic E-state index is 5.33. The SMILES string of the molecule is CC.CC1=NC=C(c2ccc(C)nc2)CO1. The quantitative estimate of drug-likeness (QED) is 0.725. The molecule has 0 aliphatic carbocycles. The molecule has 3 nitrogen and oxygen atoms in total. The molecule has 1 aliphatic rings. The highest BCUT2D eigenvalue weighted by Gasteiger charge is 2.07. The van der Waals surface area contributed by atoms with Crippen LogP contribution in [0, 0.1) is 6.92 Å². The highest BCUT2D eigenvalue weighted by molar-refractivity contribution is 5.80. The van der Waals surface area contributed by atoms with Crippen LogP contribution >= 0.6 is 0 Å². The minimum Gasteiger partial charge on any atom is -0.476 e. The van der Waals surface area contributed by atoms with Crippen LogP contribution in [0.3, 0.4) is 0 Å². The molecular formula is C13H18N2O. The van der Waals surface area contributed by atoms with Gasteiger partial charge in [-0.05, 0) is 13.0 Å². The third kappa shape index (κ3) is 3.19. The second-order valence-corrected chi connectivity index (χ2v) is 3.28. The Balaban J connectivity index is 0.000000606. The molecule has 0 atom stereocenters. The number of hydrogen-bond acceptors (Lipinski definition) is 3. The van der Waals surface area contributed by atoms with Crippen molar-refractivity contribution < 1.29 is 4.74 Å². The Morgan fingerprint density at radius 3 is 2.44 bits per heavy atom. The lowest BCUT2D eigenvalue weighted by Crippen LogP contribution is -2.07. The zero-order chi connectivity index (χ0) is 12.0. The monoisotopic (exact) mass is 218 g/mol. The molecule has 1 aromatic heterocycles. The number of aryl methyl sites for hydroxylation is 1. The Morgan fingerprint density at radius 2 is 1.94 bits per heavy atom. The molecule has 0 bridgehead atoms. The fourth-order valence-corrected chi connectivity index (χ4v) is 1.24. The first-order valence-electron chi connectivity index (χ1n) is 5.55. The van der Waals surface area contributed by atoms with E-state index in [-0.39, 0.29) is 0 Å². The summed E-state index contributed by atoms with van der Waals surface area (Å²) in [6.45, 7) is 8.40. The molecule has 86 valence electrons. The molecule has 0 aromatic carbocycles.